The molecule has 1 aromatic rings. The van der Waals surface area contributed by atoms with E-state index in [1.165, 1.54) is 23.7 Å². The van der Waals surface area contributed by atoms with Crippen LogP contribution < -0.4 is 5.56 Å². The highest BCUT2D eigenvalue weighted by atomic mass is 16.2. The van der Waals surface area contributed by atoms with Crippen LogP contribution in [-0.4, -0.2) is 33.4 Å². The number of carbonyl (C=O) groups excluding carboxylic acids is 1. The van der Waals surface area contributed by atoms with Gasteiger partial charge in [0, 0.05) is 24.3 Å². The first-order chi connectivity index (χ1) is 10.1. The number of aryl methyl sites for hydroxylation is 1. The molecular formula is C16H21N3O2. The maximum Gasteiger partial charge on any atom is 0.256 e. The Kier molecular flexibility index (Phi) is 3.66. The Labute approximate surface area is 124 Å². The number of rotatable bonds is 2. The van der Waals surface area contributed by atoms with Gasteiger partial charge in [0.25, 0.3) is 5.56 Å². The zero-order valence-corrected chi connectivity index (χ0v) is 12.7. The first-order valence-corrected chi connectivity index (χ1v) is 7.56. The second-order valence-electron chi connectivity index (χ2n) is 5.98. The van der Waals surface area contributed by atoms with E-state index in [-0.39, 0.29) is 18.0 Å². The van der Waals surface area contributed by atoms with Crippen molar-refractivity contribution in [3.8, 4) is 0 Å². The Bertz CT molecular complexity index is 657. The molecular weight excluding hydrogens is 266 g/mol. The standard InChI is InChI=1S/C16H21N3O2/c1-11-12(2)17-10-19(16(11)21)9-15(20)18-7-5-14(6-8-18)13-3-4-13/h10H,3-9H2,1-2H3. The minimum atomic E-state index is -0.117. The third-order valence-corrected chi connectivity index (χ3v) is 4.54. The highest BCUT2D eigenvalue weighted by molar-refractivity contribution is 5.76. The molecule has 2 heterocycles. The van der Waals surface area contributed by atoms with Crippen molar-refractivity contribution in [3.05, 3.63) is 39.1 Å². The van der Waals surface area contributed by atoms with E-state index < -0.39 is 0 Å². The van der Waals surface area contributed by atoms with Crippen LogP contribution >= 0.6 is 0 Å². The largest absolute Gasteiger partial charge is 0.341 e. The number of carbonyl (C=O) groups is 1. The molecule has 0 unspecified atom stereocenters. The van der Waals surface area contributed by atoms with Crippen molar-refractivity contribution in [1.29, 1.82) is 0 Å². The number of allylic oxidation sites excluding steroid dienone is 1. The summed E-state index contributed by atoms with van der Waals surface area (Å²) in [5.41, 5.74) is 4.39. The van der Waals surface area contributed by atoms with E-state index in [0.29, 0.717) is 5.56 Å². The second kappa shape index (κ2) is 5.47. The molecule has 1 saturated heterocycles. The van der Waals surface area contributed by atoms with Gasteiger partial charge in [0.15, 0.2) is 0 Å². The van der Waals surface area contributed by atoms with Crippen LogP contribution in [0, 0.1) is 13.8 Å². The van der Waals surface area contributed by atoms with E-state index in [9.17, 15) is 9.59 Å². The van der Waals surface area contributed by atoms with Gasteiger partial charge in [-0.1, -0.05) is 11.1 Å². The third kappa shape index (κ3) is 2.91. The summed E-state index contributed by atoms with van der Waals surface area (Å²) in [6.45, 7) is 5.22. The van der Waals surface area contributed by atoms with Gasteiger partial charge < -0.3 is 4.90 Å². The van der Waals surface area contributed by atoms with Gasteiger partial charge in [0.1, 0.15) is 6.54 Å². The number of likely N-dealkylation sites (tertiary alicyclic amines) is 1. The van der Waals surface area contributed by atoms with Crippen LogP contribution in [-0.2, 0) is 11.3 Å². The summed E-state index contributed by atoms with van der Waals surface area (Å²) < 4.78 is 1.42. The van der Waals surface area contributed by atoms with Crippen LogP contribution in [0.25, 0.3) is 0 Å². The molecule has 2 fully saturated rings. The van der Waals surface area contributed by atoms with Crippen LogP contribution in [0.1, 0.15) is 36.9 Å². The van der Waals surface area contributed by atoms with E-state index in [1.807, 2.05) is 4.90 Å². The summed E-state index contributed by atoms with van der Waals surface area (Å²) in [6, 6.07) is 0. The number of aromatic nitrogens is 2. The topological polar surface area (TPSA) is 55.2 Å². The van der Waals surface area contributed by atoms with Crippen LogP contribution in [0.15, 0.2) is 22.3 Å². The molecule has 1 aromatic heterocycles. The van der Waals surface area contributed by atoms with Crippen molar-refractivity contribution >= 4 is 5.91 Å². The van der Waals surface area contributed by atoms with E-state index in [0.717, 1.165) is 31.6 Å². The molecule has 0 radical (unpaired) electrons. The molecule has 0 spiro atoms. The second-order valence-corrected chi connectivity index (χ2v) is 5.98. The van der Waals surface area contributed by atoms with E-state index in [1.54, 1.807) is 25.0 Å². The van der Waals surface area contributed by atoms with Gasteiger partial charge in [-0.15, -0.1) is 0 Å². The van der Waals surface area contributed by atoms with Crippen LogP contribution in [0.3, 0.4) is 0 Å². The third-order valence-electron chi connectivity index (χ3n) is 4.54. The number of hydrogen-bond acceptors (Lipinski definition) is 3. The van der Waals surface area contributed by atoms with Gasteiger partial charge in [-0.2, -0.15) is 0 Å². The van der Waals surface area contributed by atoms with Crippen molar-refractivity contribution in [3.63, 3.8) is 0 Å². The van der Waals surface area contributed by atoms with Gasteiger partial charge in [0.05, 0.1) is 6.33 Å². The lowest BCUT2D eigenvalue weighted by molar-refractivity contribution is -0.132. The van der Waals surface area contributed by atoms with Crippen LogP contribution in [0.4, 0.5) is 0 Å². The molecule has 0 N–H and O–H groups in total. The van der Waals surface area contributed by atoms with Crippen molar-refractivity contribution in [2.45, 2.75) is 46.1 Å². The van der Waals surface area contributed by atoms with Gasteiger partial charge in [0.2, 0.25) is 5.91 Å². The van der Waals surface area contributed by atoms with E-state index in [2.05, 4.69) is 4.98 Å². The molecule has 2 aliphatic rings. The molecule has 112 valence electrons. The minimum Gasteiger partial charge on any atom is -0.341 e. The normalized spacial score (nSPS) is 18.1. The fourth-order valence-corrected chi connectivity index (χ4v) is 2.83. The Morgan fingerprint density at radius 2 is 1.76 bits per heavy atom. The highest BCUT2D eigenvalue weighted by Gasteiger charge is 2.24. The van der Waals surface area contributed by atoms with Crippen molar-refractivity contribution in [1.82, 2.24) is 14.5 Å². The first kappa shape index (κ1) is 14.0. The average molecular weight is 287 g/mol. The Morgan fingerprint density at radius 3 is 2.38 bits per heavy atom. The molecule has 21 heavy (non-hydrogen) atoms. The van der Waals surface area contributed by atoms with Crippen molar-refractivity contribution in [2.24, 2.45) is 0 Å². The zero-order valence-electron chi connectivity index (χ0n) is 12.7. The average Bonchev–Trinajstić information content (AvgIpc) is 3.33. The molecule has 5 heteroatoms. The highest BCUT2D eigenvalue weighted by Crippen LogP contribution is 2.35. The smallest absolute Gasteiger partial charge is 0.256 e. The number of amides is 1. The van der Waals surface area contributed by atoms with E-state index in [4.69, 9.17) is 0 Å². The van der Waals surface area contributed by atoms with Gasteiger partial charge in [-0.05, 0) is 39.5 Å². The summed E-state index contributed by atoms with van der Waals surface area (Å²) in [7, 11) is 0. The maximum atomic E-state index is 12.3. The summed E-state index contributed by atoms with van der Waals surface area (Å²) in [5, 5.41) is 0. The van der Waals surface area contributed by atoms with E-state index >= 15 is 0 Å². The molecule has 3 rings (SSSR count). The lowest BCUT2D eigenvalue weighted by Gasteiger charge is -2.28. The predicted molar refractivity (Wildman–Crippen MR) is 80.0 cm³/mol. The Morgan fingerprint density at radius 1 is 1.14 bits per heavy atom. The van der Waals surface area contributed by atoms with Crippen molar-refractivity contribution < 1.29 is 4.79 Å². The summed E-state index contributed by atoms with van der Waals surface area (Å²) in [4.78, 5) is 30.5. The zero-order chi connectivity index (χ0) is 15.0. The predicted octanol–water partition coefficient (Wildman–Crippen LogP) is 1.57. The Balaban J connectivity index is 1.66. The fraction of sp³-hybridized carbons (Fsp3) is 0.562. The summed E-state index contributed by atoms with van der Waals surface area (Å²) >= 11 is 0. The quantitative estimate of drug-likeness (QED) is 0.776. The monoisotopic (exact) mass is 287 g/mol. The summed E-state index contributed by atoms with van der Waals surface area (Å²) in [5.74, 6) is 0.0157. The molecule has 1 saturated carbocycles. The molecule has 1 aliphatic carbocycles. The molecule has 0 aromatic carbocycles. The lowest BCUT2D eigenvalue weighted by Crippen LogP contribution is -2.40. The van der Waals surface area contributed by atoms with Crippen LogP contribution in [0.5, 0.6) is 0 Å². The van der Waals surface area contributed by atoms with Gasteiger partial charge in [-0.3, -0.25) is 14.2 Å². The number of hydrogen-bond donors (Lipinski definition) is 0. The van der Waals surface area contributed by atoms with Crippen molar-refractivity contribution in [2.75, 3.05) is 13.1 Å². The Hall–Kier alpha value is -1.91. The minimum absolute atomic E-state index is 0.0157. The molecule has 0 bridgehead atoms. The summed E-state index contributed by atoms with van der Waals surface area (Å²) in [6.07, 6.45) is 5.99. The fourth-order valence-electron chi connectivity index (χ4n) is 2.83. The lowest BCUT2D eigenvalue weighted by atomic mass is 10.0. The molecule has 1 amide bonds. The SMILES string of the molecule is Cc1ncn(CC(=O)N2CCC(=C3CC3)CC2)c(=O)c1C. The van der Waals surface area contributed by atoms with Gasteiger partial charge in [-0.25, -0.2) is 4.98 Å². The van der Waals surface area contributed by atoms with Crippen LogP contribution in [0.2, 0.25) is 0 Å². The molecule has 5 nitrogen and oxygen atoms in total. The first-order valence-electron chi connectivity index (χ1n) is 7.56. The molecule has 0 atom stereocenters. The molecule has 1 aliphatic heterocycles. The van der Waals surface area contributed by atoms with Gasteiger partial charge >= 0.3 is 0 Å². The maximum absolute atomic E-state index is 12.3. The number of piperidine rings is 1. The number of nitrogens with zero attached hydrogens (tertiary/aromatic N) is 3.